The van der Waals surface area contributed by atoms with Crippen LogP contribution in [-0.2, 0) is 9.59 Å². The smallest absolute Gasteiger partial charge is 0.273 e. The number of hydrogen-bond donors (Lipinski definition) is 2. The molecule has 80 valence electrons. The van der Waals surface area contributed by atoms with E-state index in [0.717, 1.165) is 6.21 Å². The summed E-state index contributed by atoms with van der Waals surface area (Å²) in [5.41, 5.74) is 4.36. The van der Waals surface area contributed by atoms with Crippen LogP contribution in [0.5, 0.6) is 0 Å². The molecule has 0 bridgehead atoms. The van der Waals surface area contributed by atoms with Crippen LogP contribution in [-0.4, -0.2) is 30.3 Å². The first-order valence-corrected chi connectivity index (χ1v) is 4.29. The normalized spacial score (nSPS) is 23.0. The Hall–Kier alpha value is -2.05. The van der Waals surface area contributed by atoms with E-state index in [1.54, 1.807) is 6.92 Å². The Bertz CT molecular complexity index is 348. The fourth-order valence-electron chi connectivity index (χ4n) is 0.779. The molecule has 0 fully saturated rings. The Labute approximate surface area is 85.6 Å². The molecule has 0 aromatic rings. The number of hydrogen-bond acceptors (Lipinski definition) is 3. The summed E-state index contributed by atoms with van der Waals surface area (Å²) < 4.78 is 0. The topological polar surface area (TPSA) is 100.0 Å². The van der Waals surface area contributed by atoms with Crippen LogP contribution < -0.4 is 10.9 Å². The van der Waals surface area contributed by atoms with E-state index in [-0.39, 0.29) is 6.42 Å². The second-order valence-electron chi connectivity index (χ2n) is 2.90. The monoisotopic (exact) mass is 210 g/mol. The van der Waals surface area contributed by atoms with Crippen molar-refractivity contribution in [1.29, 1.82) is 0 Å². The van der Waals surface area contributed by atoms with E-state index < -0.39 is 23.8 Å². The molecule has 0 aliphatic carbocycles. The maximum Gasteiger partial charge on any atom is 0.366 e. The van der Waals surface area contributed by atoms with Gasteiger partial charge in [0.2, 0.25) is 11.8 Å². The van der Waals surface area contributed by atoms with Gasteiger partial charge in [-0.25, -0.2) is 14.8 Å². The Morgan fingerprint density at radius 1 is 1.27 bits per heavy atom. The summed E-state index contributed by atoms with van der Waals surface area (Å²) in [5.74, 6) is -1.50. The number of carbonyl (C=O) groups excluding carboxylic acids is 3. The van der Waals surface area contributed by atoms with Gasteiger partial charge in [-0.3, -0.25) is 20.4 Å². The van der Waals surface area contributed by atoms with Crippen molar-refractivity contribution in [3.63, 3.8) is 0 Å². The lowest BCUT2D eigenvalue weighted by atomic mass is 10.2. The number of aliphatic imine (C=N–C) groups is 2. The van der Waals surface area contributed by atoms with Gasteiger partial charge in [-0.05, 0) is 6.92 Å². The van der Waals surface area contributed by atoms with Crippen molar-refractivity contribution in [2.45, 2.75) is 13.3 Å². The zero-order valence-electron chi connectivity index (χ0n) is 8.06. The van der Waals surface area contributed by atoms with Crippen molar-refractivity contribution in [3.8, 4) is 0 Å². The molecule has 1 unspecified atom stereocenters. The third kappa shape index (κ3) is 3.67. The molecule has 7 heteroatoms. The first-order valence-electron chi connectivity index (χ1n) is 4.29. The molecule has 1 atom stereocenters. The number of urea groups is 1. The molecule has 7 nitrogen and oxygen atoms in total. The van der Waals surface area contributed by atoms with Gasteiger partial charge < -0.3 is 0 Å². The number of nitrogens with zero attached hydrogens (tertiary/aromatic N) is 2. The molecule has 15 heavy (non-hydrogen) atoms. The Balaban J connectivity index is 2.78. The lowest BCUT2D eigenvalue weighted by Crippen LogP contribution is -2.44. The lowest BCUT2D eigenvalue weighted by Gasteiger charge is -2.07. The van der Waals surface area contributed by atoms with Gasteiger partial charge in [-0.1, -0.05) is 0 Å². The maximum absolute atomic E-state index is 11.2. The summed E-state index contributed by atoms with van der Waals surface area (Å²) >= 11 is 0. The van der Waals surface area contributed by atoms with E-state index >= 15 is 0 Å². The van der Waals surface area contributed by atoms with Crippen molar-refractivity contribution in [1.82, 2.24) is 10.9 Å². The van der Waals surface area contributed by atoms with E-state index in [1.165, 1.54) is 6.21 Å². The highest BCUT2D eigenvalue weighted by Gasteiger charge is 2.12. The Kier molecular flexibility index (Phi) is 3.67. The van der Waals surface area contributed by atoms with Crippen LogP contribution in [0.25, 0.3) is 0 Å². The molecule has 0 saturated carbocycles. The molecule has 0 aromatic heterocycles. The highest BCUT2D eigenvalue weighted by atomic mass is 16.2. The number of hydrazine groups is 1. The van der Waals surface area contributed by atoms with E-state index in [0.29, 0.717) is 0 Å². The van der Waals surface area contributed by atoms with Crippen LogP contribution in [0.1, 0.15) is 13.3 Å². The molecule has 0 radical (unpaired) electrons. The van der Waals surface area contributed by atoms with Crippen LogP contribution in [0.2, 0.25) is 0 Å². The molecule has 2 N–H and O–H groups in total. The van der Waals surface area contributed by atoms with E-state index in [9.17, 15) is 14.4 Å². The largest absolute Gasteiger partial charge is 0.366 e. The molecular formula is C8H10N4O3. The van der Waals surface area contributed by atoms with Crippen LogP contribution in [0.4, 0.5) is 4.79 Å². The number of carbonyl (C=O) groups is 3. The third-order valence-corrected chi connectivity index (χ3v) is 1.63. The van der Waals surface area contributed by atoms with Crippen molar-refractivity contribution in [2.24, 2.45) is 15.9 Å². The molecular weight excluding hydrogens is 200 g/mol. The van der Waals surface area contributed by atoms with Gasteiger partial charge in [0, 0.05) is 12.4 Å². The number of rotatable bonds is 0. The van der Waals surface area contributed by atoms with Crippen LogP contribution in [0.15, 0.2) is 9.98 Å². The average molecular weight is 210 g/mol. The van der Waals surface area contributed by atoms with Crippen molar-refractivity contribution in [3.05, 3.63) is 0 Å². The van der Waals surface area contributed by atoms with Gasteiger partial charge in [-0.2, -0.15) is 0 Å². The molecule has 0 saturated heterocycles. The summed E-state index contributed by atoms with van der Waals surface area (Å²) in [7, 11) is 0. The molecule has 1 aliphatic rings. The third-order valence-electron chi connectivity index (χ3n) is 1.63. The van der Waals surface area contributed by atoms with Crippen LogP contribution >= 0.6 is 0 Å². The Morgan fingerprint density at radius 2 is 2.00 bits per heavy atom. The highest BCUT2D eigenvalue weighted by Crippen LogP contribution is 1.92. The fraction of sp³-hybridized carbons (Fsp3) is 0.375. The second kappa shape index (κ2) is 4.99. The zero-order chi connectivity index (χ0) is 11.3. The fourth-order valence-corrected chi connectivity index (χ4v) is 0.779. The number of nitrogens with one attached hydrogen (secondary N) is 2. The minimum absolute atomic E-state index is 0.0874. The van der Waals surface area contributed by atoms with E-state index in [4.69, 9.17) is 0 Å². The van der Waals surface area contributed by atoms with Crippen molar-refractivity contribution < 1.29 is 14.4 Å². The van der Waals surface area contributed by atoms with Gasteiger partial charge >= 0.3 is 6.03 Å². The van der Waals surface area contributed by atoms with Gasteiger partial charge in [0.05, 0.1) is 12.3 Å². The predicted molar refractivity (Wildman–Crippen MR) is 52.4 cm³/mol. The van der Waals surface area contributed by atoms with Gasteiger partial charge in [0.25, 0.3) is 0 Å². The minimum Gasteiger partial charge on any atom is -0.273 e. The van der Waals surface area contributed by atoms with Crippen molar-refractivity contribution >= 4 is 30.3 Å². The number of amides is 4. The Morgan fingerprint density at radius 3 is 2.73 bits per heavy atom. The van der Waals surface area contributed by atoms with E-state index in [2.05, 4.69) is 20.8 Å². The summed E-state index contributed by atoms with van der Waals surface area (Å²) in [6.07, 6.45) is 2.22. The van der Waals surface area contributed by atoms with Crippen LogP contribution in [0, 0.1) is 5.92 Å². The lowest BCUT2D eigenvalue weighted by molar-refractivity contribution is -0.129. The van der Waals surface area contributed by atoms with Gasteiger partial charge in [0.15, 0.2) is 0 Å². The van der Waals surface area contributed by atoms with Gasteiger partial charge in [-0.15, -0.1) is 0 Å². The molecule has 1 aliphatic heterocycles. The van der Waals surface area contributed by atoms with E-state index in [1.807, 2.05) is 0 Å². The summed E-state index contributed by atoms with van der Waals surface area (Å²) in [5, 5.41) is 0. The molecule has 1 rings (SSSR count). The van der Waals surface area contributed by atoms with Crippen LogP contribution in [0.3, 0.4) is 0 Å². The first-order chi connectivity index (χ1) is 7.09. The molecule has 0 aromatic carbocycles. The maximum atomic E-state index is 11.2. The standard InChI is InChI=1S/C8H10N4O3/c1-5-4-10-8(15)9-3-2-6(13)11-12-7(5)14/h3-5H,2H2,1H3,(H,11,13)(H,12,14). The SMILES string of the molecule is CC1C=NC(=O)N=CCC(=O)NNC1=O. The second-order valence-corrected chi connectivity index (χ2v) is 2.90. The minimum atomic E-state index is -0.732. The highest BCUT2D eigenvalue weighted by molar-refractivity contribution is 6.01. The predicted octanol–water partition coefficient (Wildman–Crippen LogP) is -0.565. The van der Waals surface area contributed by atoms with Crippen molar-refractivity contribution in [2.75, 3.05) is 0 Å². The summed E-state index contributed by atoms with van der Waals surface area (Å²) in [6.45, 7) is 1.54. The molecule has 0 spiro atoms. The molecule has 4 amide bonds. The zero-order valence-corrected chi connectivity index (χ0v) is 8.06. The first kappa shape index (κ1) is 11.0. The van der Waals surface area contributed by atoms with Gasteiger partial charge in [0.1, 0.15) is 0 Å². The molecule has 1 heterocycles. The quantitative estimate of drug-likeness (QED) is 0.560. The summed E-state index contributed by atoms with van der Waals surface area (Å²) in [6, 6.07) is -0.732. The summed E-state index contributed by atoms with van der Waals surface area (Å²) in [4.78, 5) is 39.9. The average Bonchev–Trinajstić information content (AvgIpc) is 2.23.